The quantitative estimate of drug-likeness (QED) is 0.346. The summed E-state index contributed by atoms with van der Waals surface area (Å²) in [6.07, 6.45) is -4.34. The average molecular weight is 270 g/mol. The van der Waals surface area contributed by atoms with Crippen LogP contribution in [0.3, 0.4) is 0 Å². The van der Waals surface area contributed by atoms with Gasteiger partial charge in [-0.15, -0.1) is 0 Å². The van der Waals surface area contributed by atoms with E-state index in [-0.39, 0.29) is 0 Å². The lowest BCUT2D eigenvalue weighted by Crippen LogP contribution is -2.43. The van der Waals surface area contributed by atoms with Crippen LogP contribution in [-0.2, 0) is 23.4 Å². The van der Waals surface area contributed by atoms with Crippen LogP contribution in [-0.4, -0.2) is 51.6 Å². The van der Waals surface area contributed by atoms with Gasteiger partial charge in [-0.1, -0.05) is 0 Å². The van der Waals surface area contributed by atoms with Crippen molar-refractivity contribution < 1.29 is 43.4 Å². The molecule has 0 aromatic carbocycles. The van der Waals surface area contributed by atoms with E-state index in [4.69, 9.17) is 9.79 Å². The standard InChI is InChI=1S/C7H11O9P/c1-14-6(10)4-2-3(8)5(9)7(15-4)16-17(11,12)13/h2-3,5,7-9H,1H3,(H2,11,12,13)/t3-,5+,7+/m0/s1. The molecule has 0 aromatic heterocycles. The third kappa shape index (κ3) is 3.77. The minimum atomic E-state index is -4.94. The van der Waals surface area contributed by atoms with Gasteiger partial charge in [0, 0.05) is 0 Å². The molecule has 9 nitrogen and oxygen atoms in total. The van der Waals surface area contributed by atoms with Crippen molar-refractivity contribution in [3.8, 4) is 0 Å². The van der Waals surface area contributed by atoms with Crippen molar-refractivity contribution in [2.45, 2.75) is 18.5 Å². The first-order chi connectivity index (χ1) is 7.74. The molecule has 1 aliphatic heterocycles. The Bertz CT molecular complexity index is 372. The maximum atomic E-state index is 11.1. The van der Waals surface area contributed by atoms with Gasteiger partial charge in [-0.2, -0.15) is 0 Å². The summed E-state index contributed by atoms with van der Waals surface area (Å²) in [6, 6.07) is 0. The van der Waals surface area contributed by atoms with Gasteiger partial charge >= 0.3 is 13.8 Å². The zero-order valence-corrected chi connectivity index (χ0v) is 9.48. The third-order valence-corrected chi connectivity index (χ3v) is 2.30. The van der Waals surface area contributed by atoms with Crippen molar-refractivity contribution in [1.29, 1.82) is 0 Å². The van der Waals surface area contributed by atoms with Crippen LogP contribution in [0.15, 0.2) is 11.8 Å². The Morgan fingerprint density at radius 1 is 1.47 bits per heavy atom. The summed E-state index contributed by atoms with van der Waals surface area (Å²) in [5, 5.41) is 18.6. The van der Waals surface area contributed by atoms with Crippen LogP contribution in [0, 0.1) is 0 Å². The molecule has 0 saturated heterocycles. The van der Waals surface area contributed by atoms with Gasteiger partial charge in [0.25, 0.3) is 0 Å². The molecule has 0 unspecified atom stereocenters. The van der Waals surface area contributed by atoms with Gasteiger partial charge in [0.05, 0.1) is 7.11 Å². The van der Waals surface area contributed by atoms with Crippen molar-refractivity contribution >= 4 is 13.8 Å². The summed E-state index contributed by atoms with van der Waals surface area (Å²) in [4.78, 5) is 28.1. The van der Waals surface area contributed by atoms with Crippen LogP contribution in [0.4, 0.5) is 0 Å². The minimum absolute atomic E-state index is 0.510. The number of carbonyl (C=O) groups is 1. The van der Waals surface area contributed by atoms with Gasteiger partial charge in [-0.05, 0) is 6.08 Å². The summed E-state index contributed by atoms with van der Waals surface area (Å²) < 4.78 is 23.6. The van der Waals surface area contributed by atoms with Crippen molar-refractivity contribution in [3.05, 3.63) is 11.8 Å². The number of methoxy groups -OCH3 is 1. The maximum absolute atomic E-state index is 11.1. The first-order valence-corrected chi connectivity index (χ1v) is 5.84. The van der Waals surface area contributed by atoms with Crippen LogP contribution < -0.4 is 0 Å². The molecule has 10 heteroatoms. The molecule has 0 amide bonds. The number of ether oxygens (including phenoxy) is 2. The van der Waals surface area contributed by atoms with Crippen molar-refractivity contribution in [3.63, 3.8) is 0 Å². The number of hydrogen-bond donors (Lipinski definition) is 4. The SMILES string of the molecule is COC(=O)C1=C[C@H](O)[C@@H](O)[C@@H](OP(=O)(O)O)O1. The molecule has 0 radical (unpaired) electrons. The highest BCUT2D eigenvalue weighted by atomic mass is 31.2. The lowest BCUT2D eigenvalue weighted by atomic mass is 10.1. The van der Waals surface area contributed by atoms with Crippen LogP contribution in [0.1, 0.15) is 0 Å². The van der Waals surface area contributed by atoms with Crippen LogP contribution >= 0.6 is 7.82 Å². The predicted octanol–water partition coefficient (Wildman–Crippen LogP) is -1.77. The fourth-order valence-corrected chi connectivity index (χ4v) is 1.52. The number of aliphatic hydroxyl groups excluding tert-OH is 2. The molecular formula is C7H11O9P. The number of aliphatic hydroxyl groups is 2. The normalized spacial score (nSPS) is 29.2. The molecule has 3 atom stereocenters. The van der Waals surface area contributed by atoms with Crippen LogP contribution in [0.25, 0.3) is 0 Å². The Morgan fingerprint density at radius 2 is 2.06 bits per heavy atom. The largest absolute Gasteiger partial charge is 0.472 e. The predicted molar refractivity (Wildman–Crippen MR) is 50.1 cm³/mol. The lowest BCUT2D eigenvalue weighted by molar-refractivity contribution is -0.178. The minimum Gasteiger partial charge on any atom is -0.463 e. The summed E-state index contributed by atoms with van der Waals surface area (Å²) in [7, 11) is -3.89. The summed E-state index contributed by atoms with van der Waals surface area (Å²) in [5.74, 6) is -1.49. The van der Waals surface area contributed by atoms with E-state index in [1.165, 1.54) is 0 Å². The van der Waals surface area contributed by atoms with E-state index < -0.39 is 38.0 Å². The Labute approximate surface area is 95.5 Å². The second kappa shape index (κ2) is 5.13. The molecule has 0 fully saturated rings. The van der Waals surface area contributed by atoms with E-state index in [1.807, 2.05) is 0 Å². The van der Waals surface area contributed by atoms with E-state index in [0.29, 0.717) is 0 Å². The second-order valence-corrected chi connectivity index (χ2v) is 4.28. The Hall–Kier alpha value is -0.960. The van der Waals surface area contributed by atoms with Crippen LogP contribution in [0.5, 0.6) is 0 Å². The number of esters is 1. The van der Waals surface area contributed by atoms with E-state index in [0.717, 1.165) is 13.2 Å². The number of phosphoric ester groups is 1. The zero-order chi connectivity index (χ0) is 13.2. The van der Waals surface area contributed by atoms with Gasteiger partial charge in [0.1, 0.15) is 12.2 Å². The van der Waals surface area contributed by atoms with Crippen LogP contribution in [0.2, 0.25) is 0 Å². The zero-order valence-electron chi connectivity index (χ0n) is 8.59. The van der Waals surface area contributed by atoms with Gasteiger partial charge in [0.15, 0.2) is 0 Å². The fraction of sp³-hybridized carbons (Fsp3) is 0.571. The topological polar surface area (TPSA) is 143 Å². The van der Waals surface area contributed by atoms with Crippen molar-refractivity contribution in [1.82, 2.24) is 0 Å². The van der Waals surface area contributed by atoms with Crippen molar-refractivity contribution in [2.75, 3.05) is 7.11 Å². The molecular weight excluding hydrogens is 259 g/mol. The number of rotatable bonds is 3. The summed E-state index contributed by atoms with van der Waals surface area (Å²) in [5.41, 5.74) is 0. The van der Waals surface area contributed by atoms with E-state index in [9.17, 15) is 19.6 Å². The molecule has 0 saturated carbocycles. The van der Waals surface area contributed by atoms with Crippen molar-refractivity contribution in [2.24, 2.45) is 0 Å². The monoisotopic (exact) mass is 270 g/mol. The molecule has 1 aliphatic rings. The molecule has 17 heavy (non-hydrogen) atoms. The molecule has 0 aromatic rings. The Kier molecular flexibility index (Phi) is 4.26. The first-order valence-electron chi connectivity index (χ1n) is 4.31. The number of phosphoric acid groups is 1. The summed E-state index contributed by atoms with van der Waals surface area (Å²) in [6.45, 7) is 0. The molecule has 0 bridgehead atoms. The number of carbonyl (C=O) groups excluding carboxylic acids is 1. The van der Waals surface area contributed by atoms with Gasteiger partial charge < -0.3 is 29.5 Å². The third-order valence-electron chi connectivity index (χ3n) is 1.82. The second-order valence-electron chi connectivity index (χ2n) is 3.09. The highest BCUT2D eigenvalue weighted by molar-refractivity contribution is 7.46. The van der Waals surface area contributed by atoms with E-state index in [1.54, 1.807) is 0 Å². The van der Waals surface area contributed by atoms with Gasteiger partial charge in [-0.25, -0.2) is 13.9 Å². The number of hydrogen-bond acceptors (Lipinski definition) is 7. The maximum Gasteiger partial charge on any atom is 0.472 e. The van der Waals surface area contributed by atoms with E-state index in [2.05, 4.69) is 14.0 Å². The molecule has 4 N–H and O–H groups in total. The fourth-order valence-electron chi connectivity index (χ4n) is 1.08. The molecule has 98 valence electrons. The molecule has 0 spiro atoms. The van der Waals surface area contributed by atoms with Gasteiger partial charge in [0.2, 0.25) is 12.0 Å². The Morgan fingerprint density at radius 3 is 2.53 bits per heavy atom. The molecule has 1 rings (SSSR count). The highest BCUT2D eigenvalue weighted by Crippen LogP contribution is 2.40. The smallest absolute Gasteiger partial charge is 0.463 e. The van der Waals surface area contributed by atoms with Gasteiger partial charge in [-0.3, -0.25) is 0 Å². The highest BCUT2D eigenvalue weighted by Gasteiger charge is 2.39. The average Bonchev–Trinajstić information content (AvgIpc) is 2.21. The first kappa shape index (κ1) is 14.1. The Balaban J connectivity index is 2.86. The lowest BCUT2D eigenvalue weighted by Gasteiger charge is -2.30. The molecule has 1 heterocycles. The van der Waals surface area contributed by atoms with E-state index >= 15 is 0 Å². The molecule has 0 aliphatic carbocycles. The summed E-state index contributed by atoms with van der Waals surface area (Å²) >= 11 is 0.